The van der Waals surface area contributed by atoms with E-state index in [0.29, 0.717) is 16.8 Å². The number of hydrogen-bond acceptors (Lipinski definition) is 4. The SMILES string of the molecule is CCOc1cc(Br)cnc1N(C)C(=O)c1c(F)cccc1Cl.FS. The first-order valence-electron chi connectivity index (χ1n) is 6.63. The lowest BCUT2D eigenvalue weighted by atomic mass is 10.2. The molecular formula is C15H14BrClF2N2O2S. The third-order valence-corrected chi connectivity index (χ3v) is 3.65. The Morgan fingerprint density at radius 3 is 2.71 bits per heavy atom. The first-order valence-corrected chi connectivity index (χ1v) is 8.14. The number of anilines is 1. The molecule has 1 aromatic carbocycles. The summed E-state index contributed by atoms with van der Waals surface area (Å²) in [6.45, 7) is 2.23. The monoisotopic (exact) mass is 438 g/mol. The number of carbonyl (C=O) groups is 1. The van der Waals surface area contributed by atoms with Crippen LogP contribution in [0.4, 0.5) is 14.1 Å². The number of pyridine rings is 1. The van der Waals surface area contributed by atoms with Crippen LogP contribution >= 0.6 is 40.5 Å². The van der Waals surface area contributed by atoms with E-state index in [9.17, 15) is 13.1 Å². The molecule has 0 aliphatic rings. The molecule has 0 atom stereocenters. The molecule has 4 nitrogen and oxygen atoms in total. The summed E-state index contributed by atoms with van der Waals surface area (Å²) in [4.78, 5) is 17.9. The van der Waals surface area contributed by atoms with Crippen molar-refractivity contribution in [3.63, 3.8) is 0 Å². The molecular weight excluding hydrogens is 426 g/mol. The number of ether oxygens (including phenoxy) is 1. The largest absolute Gasteiger partial charge is 0.490 e. The van der Waals surface area contributed by atoms with Crippen LogP contribution in [0.5, 0.6) is 5.75 Å². The summed E-state index contributed by atoms with van der Waals surface area (Å²) >= 11 is 11.3. The second kappa shape index (κ2) is 9.80. The van der Waals surface area contributed by atoms with Crippen molar-refractivity contribution in [3.05, 3.63) is 51.3 Å². The number of nitrogens with zero attached hydrogens (tertiary/aromatic N) is 2. The molecule has 0 saturated carbocycles. The third kappa shape index (κ3) is 4.81. The van der Waals surface area contributed by atoms with E-state index in [1.54, 1.807) is 6.07 Å². The fourth-order valence-corrected chi connectivity index (χ4v) is 2.45. The summed E-state index contributed by atoms with van der Waals surface area (Å²) in [5.41, 5.74) is -0.196. The van der Waals surface area contributed by atoms with Gasteiger partial charge in [0, 0.05) is 30.7 Å². The van der Waals surface area contributed by atoms with Gasteiger partial charge in [0.25, 0.3) is 5.91 Å². The zero-order valence-corrected chi connectivity index (χ0v) is 16.0. The molecule has 2 rings (SSSR count). The van der Waals surface area contributed by atoms with Crippen molar-refractivity contribution in [2.75, 3.05) is 18.6 Å². The number of rotatable bonds is 4. The molecule has 1 heterocycles. The zero-order valence-electron chi connectivity index (χ0n) is 12.8. The molecule has 0 N–H and O–H groups in total. The van der Waals surface area contributed by atoms with Crippen LogP contribution in [-0.4, -0.2) is 24.5 Å². The van der Waals surface area contributed by atoms with E-state index in [1.165, 1.54) is 36.3 Å². The van der Waals surface area contributed by atoms with Gasteiger partial charge in [-0.05, 0) is 41.1 Å². The van der Waals surface area contributed by atoms with Gasteiger partial charge in [-0.2, -0.15) is 3.89 Å². The maximum absolute atomic E-state index is 13.9. The van der Waals surface area contributed by atoms with Crippen LogP contribution in [0.3, 0.4) is 0 Å². The minimum Gasteiger partial charge on any atom is -0.490 e. The Hall–Kier alpha value is -1.38. The molecule has 0 unspecified atom stereocenters. The maximum Gasteiger partial charge on any atom is 0.263 e. The Labute approximate surface area is 157 Å². The minimum absolute atomic E-state index is 0.0481. The topological polar surface area (TPSA) is 42.4 Å². The highest BCUT2D eigenvalue weighted by Gasteiger charge is 2.23. The Kier molecular flexibility index (Phi) is 8.44. The molecule has 0 aliphatic carbocycles. The number of halogens is 4. The normalized spacial score (nSPS) is 9.79. The van der Waals surface area contributed by atoms with E-state index in [0.717, 1.165) is 0 Å². The fourth-order valence-electron chi connectivity index (χ4n) is 1.89. The molecule has 0 bridgehead atoms. The van der Waals surface area contributed by atoms with Gasteiger partial charge < -0.3 is 4.74 Å². The van der Waals surface area contributed by atoms with Crippen LogP contribution in [0.15, 0.2) is 34.9 Å². The highest BCUT2D eigenvalue weighted by Crippen LogP contribution is 2.30. The van der Waals surface area contributed by atoms with Crippen LogP contribution in [0.1, 0.15) is 17.3 Å². The molecule has 0 spiro atoms. The molecule has 1 amide bonds. The van der Waals surface area contributed by atoms with Crippen molar-refractivity contribution in [1.29, 1.82) is 0 Å². The van der Waals surface area contributed by atoms with Gasteiger partial charge in [0.2, 0.25) is 0 Å². The lowest BCUT2D eigenvalue weighted by molar-refractivity contribution is 0.0987. The standard InChI is InChI=1S/C15H13BrClFN2O2.FHS/c1-3-22-12-7-9(16)8-19-14(12)20(2)15(21)13-10(17)5-4-6-11(13)18;1-2/h4-8H,3H2,1-2H3;2H. The van der Waals surface area contributed by atoms with Crippen molar-refractivity contribution in [2.24, 2.45) is 0 Å². The summed E-state index contributed by atoms with van der Waals surface area (Å²) in [5.74, 6) is -0.576. The number of hydrogen-bond donors (Lipinski definition) is 1. The van der Waals surface area contributed by atoms with Gasteiger partial charge in [0.15, 0.2) is 11.6 Å². The number of amides is 1. The van der Waals surface area contributed by atoms with Gasteiger partial charge in [-0.3, -0.25) is 9.69 Å². The quantitative estimate of drug-likeness (QED) is 0.673. The van der Waals surface area contributed by atoms with Crippen molar-refractivity contribution < 1.29 is 17.8 Å². The fraction of sp³-hybridized carbons (Fsp3) is 0.200. The summed E-state index contributed by atoms with van der Waals surface area (Å²) in [5, 5.41) is 0.0481. The first-order chi connectivity index (χ1) is 11.5. The van der Waals surface area contributed by atoms with Gasteiger partial charge in [-0.15, -0.1) is 0 Å². The van der Waals surface area contributed by atoms with Gasteiger partial charge in [-0.25, -0.2) is 9.37 Å². The van der Waals surface area contributed by atoms with E-state index in [4.69, 9.17) is 16.3 Å². The summed E-state index contributed by atoms with van der Waals surface area (Å²) in [7, 11) is 1.49. The lowest BCUT2D eigenvalue weighted by Gasteiger charge is -2.20. The van der Waals surface area contributed by atoms with Gasteiger partial charge >= 0.3 is 0 Å². The first kappa shape index (κ1) is 20.7. The van der Waals surface area contributed by atoms with Crippen LogP contribution in [0.2, 0.25) is 5.02 Å². The van der Waals surface area contributed by atoms with Crippen LogP contribution in [0.25, 0.3) is 0 Å². The van der Waals surface area contributed by atoms with Crippen LogP contribution < -0.4 is 9.64 Å². The Balaban J connectivity index is 0.00000139. The summed E-state index contributed by atoms with van der Waals surface area (Å²) in [6.07, 6.45) is 1.53. The second-order valence-electron chi connectivity index (χ2n) is 4.37. The van der Waals surface area contributed by atoms with Crippen molar-refractivity contribution in [3.8, 4) is 5.75 Å². The molecule has 0 aliphatic heterocycles. The van der Waals surface area contributed by atoms with Crippen molar-refractivity contribution in [1.82, 2.24) is 4.98 Å². The second-order valence-corrected chi connectivity index (χ2v) is 5.69. The molecule has 2 aromatic rings. The summed E-state index contributed by atoms with van der Waals surface area (Å²) < 4.78 is 29.3. The molecule has 0 saturated heterocycles. The van der Waals surface area contributed by atoms with E-state index < -0.39 is 11.7 Å². The van der Waals surface area contributed by atoms with Crippen LogP contribution in [-0.2, 0) is 0 Å². The van der Waals surface area contributed by atoms with Crippen molar-refractivity contribution >= 4 is 52.3 Å². The number of aromatic nitrogens is 1. The number of benzene rings is 1. The van der Waals surface area contributed by atoms with Crippen LogP contribution in [0, 0.1) is 5.82 Å². The average molecular weight is 440 g/mol. The van der Waals surface area contributed by atoms with E-state index in [-0.39, 0.29) is 16.4 Å². The predicted octanol–water partition coefficient (Wildman–Crippen LogP) is 5.11. The summed E-state index contributed by atoms with van der Waals surface area (Å²) in [6, 6.07) is 5.78. The van der Waals surface area contributed by atoms with E-state index in [1.807, 2.05) is 19.9 Å². The molecule has 130 valence electrons. The highest BCUT2D eigenvalue weighted by atomic mass is 79.9. The van der Waals surface area contributed by atoms with Crippen molar-refractivity contribution in [2.45, 2.75) is 6.92 Å². The maximum atomic E-state index is 13.9. The van der Waals surface area contributed by atoms with E-state index in [2.05, 4.69) is 20.9 Å². The van der Waals surface area contributed by atoms with E-state index >= 15 is 0 Å². The van der Waals surface area contributed by atoms with Gasteiger partial charge in [-0.1, -0.05) is 17.7 Å². The minimum atomic E-state index is -0.681. The Bertz CT molecular complexity index is 702. The molecule has 9 heteroatoms. The molecule has 24 heavy (non-hydrogen) atoms. The molecule has 1 aromatic heterocycles. The number of carbonyl (C=O) groups excluding carboxylic acids is 1. The van der Waals surface area contributed by atoms with Gasteiger partial charge in [0.1, 0.15) is 5.82 Å². The molecule has 0 fully saturated rings. The lowest BCUT2D eigenvalue weighted by Crippen LogP contribution is -2.28. The molecule has 0 radical (unpaired) electrons. The third-order valence-electron chi connectivity index (χ3n) is 2.90. The smallest absolute Gasteiger partial charge is 0.263 e. The Morgan fingerprint density at radius 2 is 2.12 bits per heavy atom. The zero-order chi connectivity index (χ0) is 18.3. The average Bonchev–Trinajstić information content (AvgIpc) is 2.56. The highest BCUT2D eigenvalue weighted by molar-refractivity contribution is 9.10. The predicted molar refractivity (Wildman–Crippen MR) is 97.3 cm³/mol. The van der Waals surface area contributed by atoms with Gasteiger partial charge in [0.05, 0.1) is 17.2 Å². The Morgan fingerprint density at radius 1 is 1.46 bits per heavy atom. The number of thiol groups is 1.